The Hall–Kier alpha value is -4.83. The molecule has 0 atom stereocenters. The van der Waals surface area contributed by atoms with Gasteiger partial charge in [0.05, 0.1) is 13.0 Å². The Bertz CT molecular complexity index is 1490. The number of aryl methyl sites for hydroxylation is 1. The average molecular weight is 480 g/mol. The summed E-state index contributed by atoms with van der Waals surface area (Å²) in [5.41, 5.74) is 5.73. The number of nitrogens with one attached hydrogen (secondary N) is 1. The first-order chi connectivity index (χ1) is 17.4. The van der Waals surface area contributed by atoms with Crippen LogP contribution >= 0.6 is 0 Å². The number of aromatic nitrogens is 1. The number of hydrogen-bond acceptors (Lipinski definition) is 5. The van der Waals surface area contributed by atoms with Gasteiger partial charge in [0.15, 0.2) is 5.58 Å². The molecule has 0 aliphatic rings. The minimum Gasteiger partial charge on any atom is -0.478 e. The Morgan fingerprint density at radius 3 is 2.56 bits per heavy atom. The fourth-order valence-electron chi connectivity index (χ4n) is 3.64. The molecule has 7 nitrogen and oxygen atoms in total. The normalized spacial score (nSPS) is 10.7. The van der Waals surface area contributed by atoms with Gasteiger partial charge < -0.3 is 14.8 Å². The van der Waals surface area contributed by atoms with E-state index in [1.165, 1.54) is 11.0 Å². The van der Waals surface area contributed by atoms with Crippen molar-refractivity contribution in [3.8, 4) is 12.0 Å². The lowest BCUT2D eigenvalue weighted by Crippen LogP contribution is -2.27. The van der Waals surface area contributed by atoms with E-state index in [0.717, 1.165) is 34.0 Å². The van der Waals surface area contributed by atoms with Gasteiger partial charge in [-0.3, -0.25) is 9.69 Å². The molecule has 0 saturated carbocycles. The Kier molecular flexibility index (Phi) is 7.47. The number of carboxylic acids is 1. The maximum Gasteiger partial charge on any atom is 0.328 e. The quantitative estimate of drug-likeness (QED) is 0.196. The smallest absolute Gasteiger partial charge is 0.328 e. The minimum atomic E-state index is -1.00. The number of amides is 1. The highest BCUT2D eigenvalue weighted by Gasteiger charge is 2.15. The van der Waals surface area contributed by atoms with Gasteiger partial charge in [-0.15, -0.1) is 0 Å². The molecule has 7 heteroatoms. The number of para-hydroxylation sites is 1. The lowest BCUT2D eigenvalue weighted by molar-refractivity contribution is -0.131. The zero-order valence-corrected chi connectivity index (χ0v) is 20.0. The van der Waals surface area contributed by atoms with Gasteiger partial charge in [0.2, 0.25) is 5.91 Å². The fraction of sp³-hybridized carbons (Fsp3) is 0.138. The van der Waals surface area contributed by atoms with Crippen LogP contribution < -0.4 is 5.32 Å². The first-order valence-electron chi connectivity index (χ1n) is 11.4. The molecule has 0 spiro atoms. The van der Waals surface area contributed by atoms with E-state index in [0.29, 0.717) is 23.7 Å². The average Bonchev–Trinajstić information content (AvgIpc) is 3.26. The summed E-state index contributed by atoms with van der Waals surface area (Å²) in [6.07, 6.45) is 2.76. The van der Waals surface area contributed by atoms with Crippen LogP contribution in [0.4, 0.5) is 11.7 Å². The molecule has 4 rings (SSSR count). The van der Waals surface area contributed by atoms with Crippen molar-refractivity contribution in [3.05, 3.63) is 95.1 Å². The molecule has 1 amide bonds. The van der Waals surface area contributed by atoms with Crippen LogP contribution in [0.5, 0.6) is 0 Å². The Labute approximate surface area is 209 Å². The number of carbonyl (C=O) groups is 2. The van der Waals surface area contributed by atoms with Gasteiger partial charge in [-0.1, -0.05) is 54.5 Å². The van der Waals surface area contributed by atoms with Crippen LogP contribution in [0.1, 0.15) is 29.2 Å². The van der Waals surface area contributed by atoms with Crippen molar-refractivity contribution >= 4 is 40.8 Å². The predicted molar refractivity (Wildman–Crippen MR) is 139 cm³/mol. The summed E-state index contributed by atoms with van der Waals surface area (Å²) in [5, 5.41) is 12.0. The SMILES string of the molecule is CC#CN(Cc1ccc(/C=C/C(=O)O)cc1)C(=O)Cc1ccc2nc(Nc3ccccc3C)oc2c1. The van der Waals surface area contributed by atoms with Crippen LogP contribution in [0.2, 0.25) is 0 Å². The molecule has 0 aliphatic heterocycles. The van der Waals surface area contributed by atoms with Crippen LogP contribution in [0.3, 0.4) is 0 Å². The number of rotatable bonds is 8. The molecule has 2 N–H and O–H groups in total. The van der Waals surface area contributed by atoms with E-state index in [9.17, 15) is 9.59 Å². The van der Waals surface area contributed by atoms with Crippen molar-refractivity contribution in [1.29, 1.82) is 0 Å². The maximum atomic E-state index is 13.1. The Morgan fingerprint density at radius 2 is 1.83 bits per heavy atom. The first-order valence-corrected chi connectivity index (χ1v) is 11.4. The van der Waals surface area contributed by atoms with Gasteiger partial charge >= 0.3 is 5.97 Å². The summed E-state index contributed by atoms with van der Waals surface area (Å²) >= 11 is 0. The number of aliphatic carboxylic acids is 1. The highest BCUT2D eigenvalue weighted by molar-refractivity contribution is 5.85. The van der Waals surface area contributed by atoms with Crippen molar-refractivity contribution in [2.24, 2.45) is 0 Å². The molecule has 3 aromatic carbocycles. The van der Waals surface area contributed by atoms with E-state index in [2.05, 4.69) is 22.3 Å². The summed E-state index contributed by atoms with van der Waals surface area (Å²) < 4.78 is 5.88. The molecule has 1 aromatic heterocycles. The van der Waals surface area contributed by atoms with E-state index in [1.807, 2.05) is 61.5 Å². The van der Waals surface area contributed by atoms with Crippen LogP contribution in [0, 0.1) is 18.9 Å². The number of oxazole rings is 1. The van der Waals surface area contributed by atoms with Gasteiger partial charge in [-0.25, -0.2) is 4.79 Å². The third-order valence-electron chi connectivity index (χ3n) is 5.48. The second kappa shape index (κ2) is 11.1. The van der Waals surface area contributed by atoms with Crippen LogP contribution in [0.15, 0.2) is 77.2 Å². The van der Waals surface area contributed by atoms with Gasteiger partial charge in [0.25, 0.3) is 6.01 Å². The number of fused-ring (bicyclic) bond motifs is 1. The molecule has 0 unspecified atom stereocenters. The highest BCUT2D eigenvalue weighted by atomic mass is 16.4. The maximum absolute atomic E-state index is 13.1. The number of carboxylic acid groups (broad SMARTS) is 1. The van der Waals surface area contributed by atoms with Gasteiger partial charge in [0, 0.05) is 17.8 Å². The molecule has 0 radical (unpaired) electrons. The lowest BCUT2D eigenvalue weighted by atomic mass is 10.1. The third kappa shape index (κ3) is 6.19. The Balaban J connectivity index is 1.45. The zero-order valence-electron chi connectivity index (χ0n) is 20.0. The zero-order chi connectivity index (χ0) is 25.5. The van der Waals surface area contributed by atoms with E-state index < -0.39 is 5.97 Å². The minimum absolute atomic E-state index is 0.142. The van der Waals surface area contributed by atoms with Crippen molar-refractivity contribution in [3.63, 3.8) is 0 Å². The molecular formula is C29H25N3O4. The molecule has 0 aliphatic carbocycles. The topological polar surface area (TPSA) is 95.7 Å². The predicted octanol–water partition coefficient (Wildman–Crippen LogP) is 5.53. The summed E-state index contributed by atoms with van der Waals surface area (Å²) in [7, 11) is 0. The standard InChI is InChI=1S/C29H25N3O4/c1-3-16-32(19-22-10-8-21(9-11-22)13-15-28(34)35)27(33)18-23-12-14-25-26(17-23)36-29(31-25)30-24-7-5-4-6-20(24)2/h4-15,17H,18-19H2,1-2H3,(H,30,31)(H,34,35)/b15-13+. The number of anilines is 2. The van der Waals surface area contributed by atoms with E-state index in [-0.39, 0.29) is 12.3 Å². The van der Waals surface area contributed by atoms with E-state index >= 15 is 0 Å². The molecule has 0 fully saturated rings. The van der Waals surface area contributed by atoms with Crippen molar-refractivity contribution in [2.75, 3.05) is 5.32 Å². The molecule has 180 valence electrons. The monoisotopic (exact) mass is 479 g/mol. The molecule has 1 heterocycles. The van der Waals surface area contributed by atoms with E-state index in [4.69, 9.17) is 9.52 Å². The van der Waals surface area contributed by atoms with Crippen LogP contribution in [-0.4, -0.2) is 26.9 Å². The van der Waals surface area contributed by atoms with Gasteiger partial charge in [0.1, 0.15) is 5.52 Å². The molecule has 0 saturated heterocycles. The number of hydrogen-bond donors (Lipinski definition) is 2. The molecule has 0 bridgehead atoms. The van der Waals surface area contributed by atoms with Crippen molar-refractivity contribution < 1.29 is 19.1 Å². The summed E-state index contributed by atoms with van der Waals surface area (Å²) in [6, 6.07) is 24.0. The van der Waals surface area contributed by atoms with Crippen molar-refractivity contribution in [2.45, 2.75) is 26.8 Å². The number of nitrogens with zero attached hydrogens (tertiary/aromatic N) is 2. The molecular weight excluding hydrogens is 454 g/mol. The first kappa shape index (κ1) is 24.3. The van der Waals surface area contributed by atoms with Crippen LogP contribution in [-0.2, 0) is 22.6 Å². The fourth-order valence-corrected chi connectivity index (χ4v) is 3.64. The van der Waals surface area contributed by atoms with E-state index in [1.54, 1.807) is 19.1 Å². The second-order valence-corrected chi connectivity index (χ2v) is 8.19. The number of benzene rings is 3. The molecule has 4 aromatic rings. The lowest BCUT2D eigenvalue weighted by Gasteiger charge is -2.16. The number of carbonyl (C=O) groups excluding carboxylic acids is 1. The summed E-state index contributed by atoms with van der Waals surface area (Å²) in [4.78, 5) is 29.7. The summed E-state index contributed by atoms with van der Waals surface area (Å²) in [6.45, 7) is 4.01. The molecule has 36 heavy (non-hydrogen) atoms. The van der Waals surface area contributed by atoms with Crippen LogP contribution in [0.25, 0.3) is 17.2 Å². The van der Waals surface area contributed by atoms with Gasteiger partial charge in [-0.05, 0) is 60.4 Å². The van der Waals surface area contributed by atoms with Crippen molar-refractivity contribution in [1.82, 2.24) is 9.88 Å². The second-order valence-electron chi connectivity index (χ2n) is 8.19. The Morgan fingerprint density at radius 1 is 1.08 bits per heavy atom. The highest BCUT2D eigenvalue weighted by Crippen LogP contribution is 2.25. The van der Waals surface area contributed by atoms with Gasteiger partial charge in [-0.2, -0.15) is 4.98 Å². The largest absolute Gasteiger partial charge is 0.478 e. The summed E-state index contributed by atoms with van der Waals surface area (Å²) in [5.74, 6) is 1.66. The third-order valence-corrected chi connectivity index (χ3v) is 5.48.